The second-order valence-corrected chi connectivity index (χ2v) is 4.53. The average molecular weight is 351 g/mol. The number of nitrogens with zero attached hydrogens (tertiary/aromatic N) is 2. The maximum absolute atomic E-state index is 13.6. The van der Waals surface area contributed by atoms with Crippen molar-refractivity contribution in [2.24, 2.45) is 0 Å². The Bertz CT molecular complexity index is 645. The second kappa shape index (κ2) is 5.23. The van der Waals surface area contributed by atoms with Crippen LogP contribution in [0.1, 0.15) is 5.56 Å². The fraction of sp³-hybridized carbons (Fsp3) is 0.0909. The molecule has 3 N–H and O–H groups in total. The molecule has 0 fully saturated rings. The van der Waals surface area contributed by atoms with Crippen molar-refractivity contribution in [2.75, 3.05) is 11.1 Å². The summed E-state index contributed by atoms with van der Waals surface area (Å²) >= 11 is 3.06. The van der Waals surface area contributed by atoms with E-state index in [1.54, 1.807) is 0 Å². The molecular formula is C11H7BrF4N4. The van der Waals surface area contributed by atoms with Crippen LogP contribution in [0.25, 0.3) is 0 Å². The summed E-state index contributed by atoms with van der Waals surface area (Å²) in [4.78, 5) is 7.44. The molecule has 0 saturated carbocycles. The quantitative estimate of drug-likeness (QED) is 0.810. The molecule has 4 nitrogen and oxygen atoms in total. The number of hydrogen-bond donors (Lipinski definition) is 2. The highest BCUT2D eigenvalue weighted by atomic mass is 79.9. The van der Waals surface area contributed by atoms with Gasteiger partial charge < -0.3 is 11.1 Å². The maximum Gasteiger partial charge on any atom is 0.416 e. The van der Waals surface area contributed by atoms with Gasteiger partial charge in [-0.25, -0.2) is 14.4 Å². The Balaban J connectivity index is 2.41. The van der Waals surface area contributed by atoms with E-state index in [0.29, 0.717) is 12.1 Å². The number of alkyl halides is 3. The molecule has 0 bridgehead atoms. The molecule has 0 saturated heterocycles. The molecule has 0 aliphatic rings. The molecule has 9 heteroatoms. The number of benzene rings is 1. The third-order valence-corrected chi connectivity index (χ3v) is 3.15. The molecule has 0 aliphatic heterocycles. The predicted molar refractivity (Wildman–Crippen MR) is 68.8 cm³/mol. The third kappa shape index (κ3) is 2.98. The van der Waals surface area contributed by atoms with E-state index in [1.165, 1.54) is 0 Å². The molecule has 20 heavy (non-hydrogen) atoms. The highest BCUT2D eigenvalue weighted by Gasteiger charge is 2.31. The second-order valence-electron chi connectivity index (χ2n) is 3.74. The number of rotatable bonds is 2. The van der Waals surface area contributed by atoms with Gasteiger partial charge >= 0.3 is 6.18 Å². The minimum absolute atomic E-state index is 0.0655. The third-order valence-electron chi connectivity index (χ3n) is 2.36. The SMILES string of the molecule is Nc1ncnc(Nc2cc(C(F)(F)F)ccc2F)c1Br. The Morgan fingerprint density at radius 1 is 1.20 bits per heavy atom. The van der Waals surface area contributed by atoms with Crippen LogP contribution in [0, 0.1) is 5.82 Å². The number of anilines is 3. The molecule has 1 heterocycles. The standard InChI is InChI=1S/C11H7BrF4N4/c12-8-9(17)18-4-19-10(8)20-7-3-5(11(14,15)16)1-2-6(7)13/h1-4H,(H3,17,18,19,20). The molecule has 2 rings (SSSR count). The van der Waals surface area contributed by atoms with E-state index in [1.807, 2.05) is 0 Å². The van der Waals surface area contributed by atoms with Crippen molar-refractivity contribution in [3.8, 4) is 0 Å². The zero-order valence-electron chi connectivity index (χ0n) is 9.67. The molecule has 0 spiro atoms. The van der Waals surface area contributed by atoms with Crippen LogP contribution < -0.4 is 11.1 Å². The topological polar surface area (TPSA) is 63.8 Å². The zero-order valence-corrected chi connectivity index (χ0v) is 11.3. The van der Waals surface area contributed by atoms with E-state index >= 15 is 0 Å². The summed E-state index contributed by atoms with van der Waals surface area (Å²) in [5.41, 5.74) is 4.16. The minimum atomic E-state index is -4.56. The molecule has 0 unspecified atom stereocenters. The number of aromatic nitrogens is 2. The van der Waals surface area contributed by atoms with E-state index in [2.05, 4.69) is 31.2 Å². The number of nitrogens with two attached hydrogens (primary N) is 1. The van der Waals surface area contributed by atoms with Crippen molar-refractivity contribution in [1.29, 1.82) is 0 Å². The fourth-order valence-corrected chi connectivity index (χ4v) is 1.70. The highest BCUT2D eigenvalue weighted by Crippen LogP contribution is 2.34. The van der Waals surface area contributed by atoms with E-state index < -0.39 is 17.6 Å². The summed E-state index contributed by atoms with van der Waals surface area (Å²) in [7, 11) is 0. The first kappa shape index (κ1) is 14.5. The molecule has 1 aromatic carbocycles. The highest BCUT2D eigenvalue weighted by molar-refractivity contribution is 9.10. The predicted octanol–water partition coefficient (Wildman–Crippen LogP) is 3.72. The Morgan fingerprint density at radius 3 is 2.55 bits per heavy atom. The van der Waals surface area contributed by atoms with Gasteiger partial charge in [-0.1, -0.05) is 0 Å². The summed E-state index contributed by atoms with van der Waals surface area (Å²) in [6, 6.07) is 2.04. The summed E-state index contributed by atoms with van der Waals surface area (Å²) < 4.78 is 51.5. The van der Waals surface area contributed by atoms with Gasteiger partial charge in [-0.15, -0.1) is 0 Å². The van der Waals surface area contributed by atoms with Gasteiger partial charge in [0.05, 0.1) is 11.3 Å². The first-order valence-corrected chi connectivity index (χ1v) is 5.98. The van der Waals surface area contributed by atoms with Gasteiger partial charge in [0.2, 0.25) is 0 Å². The van der Waals surface area contributed by atoms with Gasteiger partial charge in [0.15, 0.2) is 0 Å². The monoisotopic (exact) mass is 350 g/mol. The summed E-state index contributed by atoms with van der Waals surface area (Å²) in [6.45, 7) is 0. The van der Waals surface area contributed by atoms with Crippen molar-refractivity contribution in [2.45, 2.75) is 6.18 Å². The summed E-state index contributed by atoms with van der Waals surface area (Å²) in [5, 5.41) is 2.44. The van der Waals surface area contributed by atoms with E-state index in [9.17, 15) is 17.6 Å². The Kier molecular flexibility index (Phi) is 3.80. The van der Waals surface area contributed by atoms with Crippen LogP contribution in [0.15, 0.2) is 29.0 Å². The van der Waals surface area contributed by atoms with Crippen molar-refractivity contribution in [1.82, 2.24) is 9.97 Å². The van der Waals surface area contributed by atoms with Crippen LogP contribution in [-0.4, -0.2) is 9.97 Å². The number of nitrogens with one attached hydrogen (secondary N) is 1. The lowest BCUT2D eigenvalue weighted by molar-refractivity contribution is -0.137. The van der Waals surface area contributed by atoms with E-state index in [4.69, 9.17) is 5.73 Å². The lowest BCUT2D eigenvalue weighted by atomic mass is 10.2. The van der Waals surface area contributed by atoms with Crippen LogP contribution in [0.4, 0.5) is 34.9 Å². The fourth-order valence-electron chi connectivity index (χ4n) is 1.40. The molecule has 0 aliphatic carbocycles. The molecule has 0 radical (unpaired) electrons. The van der Waals surface area contributed by atoms with Gasteiger partial charge in [-0.3, -0.25) is 0 Å². The smallest absolute Gasteiger partial charge is 0.383 e. The number of hydrogen-bond acceptors (Lipinski definition) is 4. The molecular weight excluding hydrogens is 344 g/mol. The van der Waals surface area contributed by atoms with Gasteiger partial charge in [0.25, 0.3) is 0 Å². The lowest BCUT2D eigenvalue weighted by Crippen LogP contribution is -2.07. The number of nitrogen functional groups attached to an aromatic ring is 1. The molecule has 1 aromatic heterocycles. The average Bonchev–Trinajstić information content (AvgIpc) is 2.36. The van der Waals surface area contributed by atoms with Gasteiger partial charge in [-0.2, -0.15) is 13.2 Å². The lowest BCUT2D eigenvalue weighted by Gasteiger charge is -2.12. The van der Waals surface area contributed by atoms with E-state index in [-0.39, 0.29) is 21.8 Å². The molecule has 0 atom stereocenters. The van der Waals surface area contributed by atoms with Gasteiger partial charge in [0, 0.05) is 0 Å². The van der Waals surface area contributed by atoms with Crippen LogP contribution in [0.5, 0.6) is 0 Å². The van der Waals surface area contributed by atoms with Crippen LogP contribution in [0.2, 0.25) is 0 Å². The van der Waals surface area contributed by atoms with Gasteiger partial charge in [-0.05, 0) is 34.1 Å². The van der Waals surface area contributed by atoms with Crippen molar-refractivity contribution in [3.05, 3.63) is 40.4 Å². The van der Waals surface area contributed by atoms with Crippen molar-refractivity contribution in [3.63, 3.8) is 0 Å². The van der Waals surface area contributed by atoms with Crippen LogP contribution >= 0.6 is 15.9 Å². The van der Waals surface area contributed by atoms with Gasteiger partial charge in [0.1, 0.15) is 28.3 Å². The normalized spacial score (nSPS) is 11.4. The Hall–Kier alpha value is -1.90. The molecule has 0 amide bonds. The minimum Gasteiger partial charge on any atom is -0.383 e. The van der Waals surface area contributed by atoms with Crippen LogP contribution in [-0.2, 0) is 6.18 Å². The summed E-state index contributed by atoms with van der Waals surface area (Å²) in [6.07, 6.45) is -3.46. The van der Waals surface area contributed by atoms with E-state index in [0.717, 1.165) is 12.4 Å². The first-order valence-electron chi connectivity index (χ1n) is 5.19. The summed E-state index contributed by atoms with van der Waals surface area (Å²) in [5.74, 6) is -0.701. The largest absolute Gasteiger partial charge is 0.416 e. The maximum atomic E-state index is 13.6. The Labute approximate surface area is 119 Å². The number of halogens is 5. The van der Waals surface area contributed by atoms with Crippen LogP contribution in [0.3, 0.4) is 0 Å². The first-order chi connectivity index (χ1) is 9.29. The Morgan fingerprint density at radius 2 is 1.90 bits per heavy atom. The molecule has 106 valence electrons. The zero-order chi connectivity index (χ0) is 14.9. The van der Waals surface area contributed by atoms with Crippen molar-refractivity contribution >= 4 is 33.3 Å². The molecule has 2 aromatic rings. The van der Waals surface area contributed by atoms with Crippen molar-refractivity contribution < 1.29 is 17.6 Å².